The smallest absolute Gasteiger partial charge is 0.317 e. The average molecular weight is 300 g/mol. The maximum absolute atomic E-state index is 12.0. The number of likely N-dealkylation sites (tertiary alicyclic amines) is 1. The lowest BCUT2D eigenvalue weighted by molar-refractivity contribution is -0.148. The van der Waals surface area contributed by atoms with Crippen LogP contribution in [-0.4, -0.2) is 54.9 Å². The molecule has 0 aromatic rings. The number of rotatable bonds is 8. The molecule has 6 heteroatoms. The SMILES string of the molecule is CCC1(C(=O)O)CCN(C(=O)NCCCOCC(C)C)C1. The third-order valence-electron chi connectivity index (χ3n) is 3.96. The highest BCUT2D eigenvalue weighted by Crippen LogP contribution is 2.34. The summed E-state index contributed by atoms with van der Waals surface area (Å²) in [5.74, 6) is -0.287. The van der Waals surface area contributed by atoms with E-state index in [-0.39, 0.29) is 6.03 Å². The Hall–Kier alpha value is -1.30. The van der Waals surface area contributed by atoms with Gasteiger partial charge in [-0.15, -0.1) is 0 Å². The third kappa shape index (κ3) is 5.19. The molecule has 2 N–H and O–H groups in total. The molecular weight excluding hydrogens is 272 g/mol. The van der Waals surface area contributed by atoms with Gasteiger partial charge in [-0.2, -0.15) is 0 Å². The molecule has 1 rings (SSSR count). The Morgan fingerprint density at radius 1 is 1.43 bits per heavy atom. The Balaban J connectivity index is 2.23. The van der Waals surface area contributed by atoms with Crippen molar-refractivity contribution < 1.29 is 19.4 Å². The normalized spacial score (nSPS) is 21.8. The Kier molecular flexibility index (Phi) is 6.95. The number of ether oxygens (including phenoxy) is 1. The summed E-state index contributed by atoms with van der Waals surface area (Å²) in [5, 5.41) is 12.1. The van der Waals surface area contributed by atoms with E-state index in [0.29, 0.717) is 45.0 Å². The van der Waals surface area contributed by atoms with Gasteiger partial charge in [0.1, 0.15) is 0 Å². The standard InChI is InChI=1S/C15H28N2O4/c1-4-15(13(18)19)6-8-17(11-15)14(20)16-7-5-9-21-10-12(2)3/h12H,4-11H2,1-3H3,(H,16,20)(H,18,19). The number of carbonyl (C=O) groups excluding carboxylic acids is 1. The summed E-state index contributed by atoms with van der Waals surface area (Å²) in [6.45, 7) is 8.78. The molecule has 1 atom stereocenters. The van der Waals surface area contributed by atoms with Crippen molar-refractivity contribution in [2.24, 2.45) is 11.3 Å². The van der Waals surface area contributed by atoms with E-state index in [4.69, 9.17) is 4.74 Å². The maximum Gasteiger partial charge on any atom is 0.317 e. The van der Waals surface area contributed by atoms with Gasteiger partial charge in [0, 0.05) is 32.8 Å². The van der Waals surface area contributed by atoms with E-state index in [1.165, 1.54) is 0 Å². The van der Waals surface area contributed by atoms with Crippen LogP contribution in [-0.2, 0) is 9.53 Å². The molecule has 122 valence electrons. The van der Waals surface area contributed by atoms with Crippen molar-refractivity contribution in [2.75, 3.05) is 32.8 Å². The fourth-order valence-electron chi connectivity index (χ4n) is 2.46. The van der Waals surface area contributed by atoms with E-state index in [1.54, 1.807) is 4.90 Å². The minimum Gasteiger partial charge on any atom is -0.481 e. The van der Waals surface area contributed by atoms with Crippen LogP contribution in [0.2, 0.25) is 0 Å². The molecule has 1 aliphatic rings. The van der Waals surface area contributed by atoms with E-state index in [1.807, 2.05) is 6.92 Å². The predicted molar refractivity (Wildman–Crippen MR) is 80.2 cm³/mol. The summed E-state index contributed by atoms with van der Waals surface area (Å²) < 4.78 is 5.44. The van der Waals surface area contributed by atoms with E-state index < -0.39 is 11.4 Å². The Labute approximate surface area is 126 Å². The highest BCUT2D eigenvalue weighted by molar-refractivity contribution is 5.79. The highest BCUT2D eigenvalue weighted by atomic mass is 16.5. The fourth-order valence-corrected chi connectivity index (χ4v) is 2.46. The number of nitrogens with one attached hydrogen (secondary N) is 1. The van der Waals surface area contributed by atoms with Crippen LogP contribution in [0.4, 0.5) is 4.79 Å². The molecule has 1 heterocycles. The third-order valence-corrected chi connectivity index (χ3v) is 3.96. The molecule has 1 unspecified atom stereocenters. The molecule has 0 aromatic carbocycles. The number of aliphatic carboxylic acids is 1. The van der Waals surface area contributed by atoms with Crippen LogP contribution in [0.15, 0.2) is 0 Å². The molecule has 1 aliphatic heterocycles. The van der Waals surface area contributed by atoms with Crippen LogP contribution < -0.4 is 5.32 Å². The van der Waals surface area contributed by atoms with Gasteiger partial charge in [-0.25, -0.2) is 4.79 Å². The van der Waals surface area contributed by atoms with Crippen LogP contribution in [0.1, 0.15) is 40.0 Å². The van der Waals surface area contributed by atoms with Gasteiger partial charge >= 0.3 is 12.0 Å². The first-order chi connectivity index (χ1) is 9.91. The van der Waals surface area contributed by atoms with Crippen LogP contribution in [0, 0.1) is 11.3 Å². The van der Waals surface area contributed by atoms with Crippen LogP contribution >= 0.6 is 0 Å². The fraction of sp³-hybridized carbons (Fsp3) is 0.867. The molecule has 0 radical (unpaired) electrons. The van der Waals surface area contributed by atoms with Gasteiger partial charge in [0.05, 0.1) is 5.41 Å². The molecule has 0 saturated carbocycles. The van der Waals surface area contributed by atoms with Gasteiger partial charge in [-0.3, -0.25) is 4.79 Å². The highest BCUT2D eigenvalue weighted by Gasteiger charge is 2.44. The quantitative estimate of drug-likeness (QED) is 0.672. The van der Waals surface area contributed by atoms with Crippen molar-refractivity contribution in [3.05, 3.63) is 0 Å². The number of amides is 2. The van der Waals surface area contributed by atoms with E-state index in [0.717, 1.165) is 13.0 Å². The predicted octanol–water partition coefficient (Wildman–Crippen LogP) is 1.95. The molecule has 0 aromatic heterocycles. The molecule has 0 bridgehead atoms. The number of hydrogen-bond donors (Lipinski definition) is 2. The second-order valence-corrected chi connectivity index (χ2v) is 6.16. The topological polar surface area (TPSA) is 78.9 Å². The Morgan fingerprint density at radius 3 is 2.67 bits per heavy atom. The van der Waals surface area contributed by atoms with Crippen molar-refractivity contribution in [2.45, 2.75) is 40.0 Å². The van der Waals surface area contributed by atoms with E-state index >= 15 is 0 Å². The summed E-state index contributed by atoms with van der Waals surface area (Å²) in [6, 6.07) is -0.171. The molecule has 0 spiro atoms. The van der Waals surface area contributed by atoms with Gasteiger partial charge in [0.15, 0.2) is 0 Å². The number of urea groups is 1. The number of carbonyl (C=O) groups is 2. The first kappa shape index (κ1) is 17.8. The number of hydrogen-bond acceptors (Lipinski definition) is 3. The van der Waals surface area contributed by atoms with Crippen molar-refractivity contribution in [1.82, 2.24) is 10.2 Å². The van der Waals surface area contributed by atoms with Gasteiger partial charge in [-0.05, 0) is 25.2 Å². The molecule has 21 heavy (non-hydrogen) atoms. The molecular formula is C15H28N2O4. The van der Waals surface area contributed by atoms with Crippen molar-refractivity contribution >= 4 is 12.0 Å². The second kappa shape index (κ2) is 8.22. The number of carboxylic acids is 1. The minimum atomic E-state index is -0.803. The lowest BCUT2D eigenvalue weighted by Crippen LogP contribution is -2.42. The van der Waals surface area contributed by atoms with E-state index in [2.05, 4.69) is 19.2 Å². The lowest BCUT2D eigenvalue weighted by Gasteiger charge is -2.23. The summed E-state index contributed by atoms with van der Waals surface area (Å²) in [7, 11) is 0. The van der Waals surface area contributed by atoms with Crippen molar-refractivity contribution in [1.29, 1.82) is 0 Å². The Morgan fingerprint density at radius 2 is 2.14 bits per heavy atom. The average Bonchev–Trinajstić information content (AvgIpc) is 2.88. The zero-order chi connectivity index (χ0) is 15.9. The molecule has 0 aliphatic carbocycles. The molecule has 2 amide bonds. The van der Waals surface area contributed by atoms with Crippen molar-refractivity contribution in [3.63, 3.8) is 0 Å². The van der Waals surface area contributed by atoms with Crippen LogP contribution in [0.5, 0.6) is 0 Å². The lowest BCUT2D eigenvalue weighted by atomic mass is 9.84. The van der Waals surface area contributed by atoms with Crippen molar-refractivity contribution in [3.8, 4) is 0 Å². The summed E-state index contributed by atoms with van der Waals surface area (Å²) in [5.41, 5.74) is -0.766. The summed E-state index contributed by atoms with van der Waals surface area (Å²) in [4.78, 5) is 24.9. The minimum absolute atomic E-state index is 0.171. The van der Waals surface area contributed by atoms with Gasteiger partial charge in [-0.1, -0.05) is 20.8 Å². The first-order valence-corrected chi connectivity index (χ1v) is 7.75. The maximum atomic E-state index is 12.0. The summed E-state index contributed by atoms with van der Waals surface area (Å²) >= 11 is 0. The molecule has 1 saturated heterocycles. The number of carboxylic acid groups (broad SMARTS) is 1. The first-order valence-electron chi connectivity index (χ1n) is 7.75. The monoisotopic (exact) mass is 300 g/mol. The van der Waals surface area contributed by atoms with E-state index in [9.17, 15) is 14.7 Å². The summed E-state index contributed by atoms with van der Waals surface area (Å²) in [6.07, 6.45) is 1.85. The number of nitrogens with zero attached hydrogens (tertiary/aromatic N) is 1. The van der Waals surface area contributed by atoms with Crippen LogP contribution in [0.3, 0.4) is 0 Å². The zero-order valence-electron chi connectivity index (χ0n) is 13.4. The van der Waals surface area contributed by atoms with Gasteiger partial charge < -0.3 is 20.1 Å². The largest absolute Gasteiger partial charge is 0.481 e. The molecule has 1 fully saturated rings. The second-order valence-electron chi connectivity index (χ2n) is 6.16. The Bertz CT molecular complexity index is 360. The van der Waals surface area contributed by atoms with Crippen LogP contribution in [0.25, 0.3) is 0 Å². The van der Waals surface area contributed by atoms with Gasteiger partial charge in [0.2, 0.25) is 0 Å². The van der Waals surface area contributed by atoms with Gasteiger partial charge in [0.25, 0.3) is 0 Å². The zero-order valence-corrected chi connectivity index (χ0v) is 13.4. The molecule has 6 nitrogen and oxygen atoms in total.